The Bertz CT molecular complexity index is 1160. The molecule has 0 spiro atoms. The molecule has 1 N–H and O–H groups in total. The summed E-state index contributed by atoms with van der Waals surface area (Å²) in [5.41, 5.74) is -5.88. The number of carboxylic acid groups (broad SMARTS) is 1. The summed E-state index contributed by atoms with van der Waals surface area (Å²) in [6.45, 7) is 19.9. The number of carbonyl (C=O) groups is 4. The van der Waals surface area contributed by atoms with Crippen molar-refractivity contribution in [1.82, 2.24) is 0 Å². The minimum Gasteiger partial charge on any atom is -0.481 e. The predicted molar refractivity (Wildman–Crippen MR) is 179 cm³/mol. The molecule has 0 aromatic carbocycles. The van der Waals surface area contributed by atoms with Gasteiger partial charge in [-0.1, -0.05) is 26.3 Å². The fourth-order valence-corrected chi connectivity index (χ4v) is 9.04. The smallest absolute Gasteiger partial charge is 0.312 e. The summed E-state index contributed by atoms with van der Waals surface area (Å²) in [6, 6.07) is 0. The summed E-state index contributed by atoms with van der Waals surface area (Å²) in [5.74, 6) is -0.145. The molecule has 0 aromatic heterocycles. The summed E-state index contributed by atoms with van der Waals surface area (Å²) in [4.78, 5) is 54.6. The Morgan fingerprint density at radius 2 is 1.32 bits per heavy atom. The Hall–Kier alpha value is -2.42. The third kappa shape index (κ3) is 8.98. The van der Waals surface area contributed by atoms with Crippen molar-refractivity contribution >= 4 is 23.9 Å². The van der Waals surface area contributed by atoms with E-state index in [1.54, 1.807) is 47.6 Å². The lowest BCUT2D eigenvalue weighted by Gasteiger charge is -2.43. The van der Waals surface area contributed by atoms with Crippen molar-refractivity contribution in [3.05, 3.63) is 12.7 Å². The van der Waals surface area contributed by atoms with E-state index < -0.39 is 45.2 Å². The van der Waals surface area contributed by atoms with Gasteiger partial charge in [0.15, 0.2) is 0 Å². The Morgan fingerprint density at radius 1 is 0.745 bits per heavy atom. The van der Waals surface area contributed by atoms with E-state index in [4.69, 9.17) is 18.9 Å². The van der Waals surface area contributed by atoms with Gasteiger partial charge in [0.1, 0.15) is 18.3 Å². The first-order valence-electron chi connectivity index (χ1n) is 17.8. The molecule has 0 radical (unpaired) electrons. The highest BCUT2D eigenvalue weighted by Crippen LogP contribution is 2.60. The van der Waals surface area contributed by atoms with Crippen molar-refractivity contribution in [2.24, 2.45) is 45.3 Å². The van der Waals surface area contributed by atoms with Gasteiger partial charge in [0, 0.05) is 0 Å². The van der Waals surface area contributed by atoms with E-state index >= 15 is 0 Å². The molecule has 0 heterocycles. The average Bonchev–Trinajstić information content (AvgIpc) is 3.70. The van der Waals surface area contributed by atoms with Crippen molar-refractivity contribution in [3.63, 3.8) is 0 Å². The van der Waals surface area contributed by atoms with E-state index in [1.807, 2.05) is 20.8 Å². The normalized spacial score (nSPS) is 28.6. The van der Waals surface area contributed by atoms with Gasteiger partial charge in [-0.25, -0.2) is 0 Å². The molecule has 268 valence electrons. The van der Waals surface area contributed by atoms with Crippen LogP contribution in [0.15, 0.2) is 12.7 Å². The van der Waals surface area contributed by atoms with E-state index in [1.165, 1.54) is 19.3 Å². The number of fused-ring (bicyclic) bond motifs is 5. The lowest BCUT2D eigenvalue weighted by atomic mass is 9.61. The van der Waals surface area contributed by atoms with Crippen molar-refractivity contribution < 1.29 is 43.2 Å². The number of aliphatic carboxylic acids is 1. The van der Waals surface area contributed by atoms with Crippen LogP contribution in [-0.4, -0.2) is 60.5 Å². The lowest BCUT2D eigenvalue weighted by Crippen LogP contribution is -2.48. The SMILES string of the molecule is C=CCOCCOC(=O)C(C)(CC(C)(CC(C)(CC)C(=O)OC(C)(C)C)C(=O)O)CC(C)(CC)C(=O)OC1CC2CC1C1CCCC21. The minimum absolute atomic E-state index is 0.0301. The highest BCUT2D eigenvalue weighted by molar-refractivity contribution is 5.83. The zero-order chi connectivity index (χ0) is 35.4. The average molecular weight is 663 g/mol. The number of esters is 3. The number of ether oxygens (including phenoxy) is 4. The molecule has 0 saturated heterocycles. The summed E-state index contributed by atoms with van der Waals surface area (Å²) in [6.07, 6.45) is 7.82. The Kier molecular flexibility index (Phi) is 12.5. The Labute approximate surface area is 282 Å². The highest BCUT2D eigenvalue weighted by Gasteiger charge is 2.57. The van der Waals surface area contributed by atoms with Gasteiger partial charge in [0.25, 0.3) is 0 Å². The summed E-state index contributed by atoms with van der Waals surface area (Å²) < 4.78 is 23.1. The molecule has 3 fully saturated rings. The molecular formula is C38H62O9. The molecule has 0 aromatic rings. The second-order valence-electron chi connectivity index (χ2n) is 16.9. The maximum Gasteiger partial charge on any atom is 0.312 e. The van der Waals surface area contributed by atoms with E-state index in [2.05, 4.69) is 6.58 Å². The maximum absolute atomic E-state index is 14.1. The van der Waals surface area contributed by atoms with Gasteiger partial charge >= 0.3 is 23.9 Å². The van der Waals surface area contributed by atoms with Crippen LogP contribution in [0.4, 0.5) is 0 Å². The van der Waals surface area contributed by atoms with Crippen LogP contribution in [0, 0.1) is 45.3 Å². The fourth-order valence-electron chi connectivity index (χ4n) is 9.04. The van der Waals surface area contributed by atoms with Gasteiger partial charge in [-0.2, -0.15) is 0 Å². The third-order valence-corrected chi connectivity index (χ3v) is 11.6. The molecule has 47 heavy (non-hydrogen) atoms. The molecule has 9 heteroatoms. The molecular weight excluding hydrogens is 600 g/mol. The minimum atomic E-state index is -1.53. The van der Waals surface area contributed by atoms with E-state index in [9.17, 15) is 24.3 Å². The van der Waals surface area contributed by atoms with Crippen LogP contribution >= 0.6 is 0 Å². The molecule has 9 unspecified atom stereocenters. The summed E-state index contributed by atoms with van der Waals surface area (Å²) in [7, 11) is 0. The molecule has 3 aliphatic carbocycles. The van der Waals surface area contributed by atoms with Crippen molar-refractivity contribution in [2.45, 2.75) is 138 Å². The molecule has 2 bridgehead atoms. The molecule has 0 amide bonds. The summed E-state index contributed by atoms with van der Waals surface area (Å²) >= 11 is 0. The van der Waals surface area contributed by atoms with Crippen LogP contribution < -0.4 is 0 Å². The van der Waals surface area contributed by atoms with Crippen LogP contribution in [0.2, 0.25) is 0 Å². The zero-order valence-corrected chi connectivity index (χ0v) is 30.6. The molecule has 0 aliphatic heterocycles. The van der Waals surface area contributed by atoms with E-state index in [0.717, 1.165) is 18.8 Å². The van der Waals surface area contributed by atoms with E-state index in [-0.39, 0.29) is 44.5 Å². The monoisotopic (exact) mass is 662 g/mol. The number of hydrogen-bond donors (Lipinski definition) is 1. The van der Waals surface area contributed by atoms with Crippen LogP contribution in [0.1, 0.15) is 127 Å². The highest BCUT2D eigenvalue weighted by atomic mass is 16.6. The van der Waals surface area contributed by atoms with Gasteiger partial charge in [-0.3, -0.25) is 19.2 Å². The first-order valence-corrected chi connectivity index (χ1v) is 17.8. The van der Waals surface area contributed by atoms with E-state index in [0.29, 0.717) is 37.2 Å². The van der Waals surface area contributed by atoms with Crippen molar-refractivity contribution in [2.75, 3.05) is 19.8 Å². The van der Waals surface area contributed by atoms with Crippen molar-refractivity contribution in [3.8, 4) is 0 Å². The molecule has 9 atom stereocenters. The Balaban J connectivity index is 1.89. The van der Waals surface area contributed by atoms with Crippen LogP contribution in [0.25, 0.3) is 0 Å². The number of rotatable bonds is 18. The van der Waals surface area contributed by atoms with Gasteiger partial charge in [-0.15, -0.1) is 6.58 Å². The topological polar surface area (TPSA) is 125 Å². The molecule has 9 nitrogen and oxygen atoms in total. The van der Waals surface area contributed by atoms with Crippen LogP contribution in [0.3, 0.4) is 0 Å². The quantitative estimate of drug-likeness (QED) is 0.0686. The van der Waals surface area contributed by atoms with Gasteiger partial charge in [0.05, 0.1) is 34.9 Å². The zero-order valence-electron chi connectivity index (χ0n) is 30.6. The number of hydrogen-bond acceptors (Lipinski definition) is 8. The fraction of sp³-hybridized carbons (Fsp3) is 0.842. The van der Waals surface area contributed by atoms with Crippen molar-refractivity contribution in [1.29, 1.82) is 0 Å². The summed E-state index contributed by atoms with van der Waals surface area (Å²) in [5, 5.41) is 10.7. The van der Waals surface area contributed by atoms with Gasteiger partial charge < -0.3 is 24.1 Å². The Morgan fingerprint density at radius 3 is 1.89 bits per heavy atom. The second kappa shape index (κ2) is 15.0. The largest absolute Gasteiger partial charge is 0.481 e. The standard InChI is InChI=1S/C38H62O9/c1-11-17-44-18-19-45-31(41)38(10,24-37(9,30(39)40)22-36(8,13-3)33(43)47-34(4,5)6)23-35(7,12-2)32(42)46-29-21-25-20-28(29)27-16-14-15-26(25)27/h11,25-29H,1,12-24H2,2-10H3,(H,39,40). The first-order chi connectivity index (χ1) is 21.8. The second-order valence-corrected chi connectivity index (χ2v) is 16.9. The molecule has 3 aliphatic rings. The lowest BCUT2D eigenvalue weighted by molar-refractivity contribution is -0.175. The predicted octanol–water partition coefficient (Wildman–Crippen LogP) is 7.54. The molecule has 3 saturated carbocycles. The van der Waals surface area contributed by atoms with Gasteiger partial charge in [0.2, 0.25) is 0 Å². The number of carboxylic acids is 1. The van der Waals surface area contributed by atoms with Crippen LogP contribution in [0.5, 0.6) is 0 Å². The first kappa shape index (κ1) is 39.0. The van der Waals surface area contributed by atoms with Gasteiger partial charge in [-0.05, 0) is 130 Å². The maximum atomic E-state index is 14.1. The van der Waals surface area contributed by atoms with Crippen LogP contribution in [-0.2, 0) is 38.1 Å². The number of carbonyl (C=O) groups excluding carboxylic acids is 3. The molecule has 3 rings (SSSR count). The third-order valence-electron chi connectivity index (χ3n) is 11.6.